The van der Waals surface area contributed by atoms with Crippen molar-refractivity contribution in [2.75, 3.05) is 12.8 Å². The maximum absolute atomic E-state index is 5.74. The first kappa shape index (κ1) is 12.1. The van der Waals surface area contributed by atoms with Gasteiger partial charge < -0.3 is 10.5 Å². The summed E-state index contributed by atoms with van der Waals surface area (Å²) in [5.74, 6) is 1.17. The van der Waals surface area contributed by atoms with Crippen molar-refractivity contribution in [1.29, 1.82) is 0 Å². The Hall–Kier alpha value is -1.40. The van der Waals surface area contributed by atoms with E-state index in [0.717, 1.165) is 10.0 Å². The number of hydrogen-bond acceptors (Lipinski definition) is 5. The summed E-state index contributed by atoms with van der Waals surface area (Å²) in [6.07, 6.45) is 0. The fourth-order valence-corrected chi connectivity index (χ4v) is 1.88. The Morgan fingerprint density at radius 3 is 2.71 bits per heavy atom. The Morgan fingerprint density at radius 2 is 2.06 bits per heavy atom. The average molecular weight is 316 g/mol. The van der Waals surface area contributed by atoms with Crippen molar-refractivity contribution >= 4 is 33.5 Å². The van der Waals surface area contributed by atoms with Crippen LogP contribution in [0.5, 0.6) is 5.75 Å². The van der Waals surface area contributed by atoms with Crippen LogP contribution in [0.1, 0.15) is 0 Å². The molecule has 0 saturated carbocycles. The van der Waals surface area contributed by atoms with Crippen LogP contribution >= 0.6 is 27.5 Å². The lowest BCUT2D eigenvalue weighted by molar-refractivity contribution is 0.415. The molecule has 0 aliphatic rings. The molecule has 0 amide bonds. The summed E-state index contributed by atoms with van der Waals surface area (Å²) >= 11 is 9.14. The number of ether oxygens (including phenoxy) is 1. The molecule has 0 bridgehead atoms. The zero-order valence-electron chi connectivity index (χ0n) is 8.82. The Morgan fingerprint density at radius 1 is 1.29 bits per heavy atom. The monoisotopic (exact) mass is 314 g/mol. The van der Waals surface area contributed by atoms with E-state index < -0.39 is 0 Å². The van der Waals surface area contributed by atoms with Crippen LogP contribution in [-0.4, -0.2) is 22.1 Å². The predicted octanol–water partition coefficient (Wildman–Crippen LogP) is 2.55. The molecule has 2 aromatic rings. The van der Waals surface area contributed by atoms with Crippen LogP contribution in [0.25, 0.3) is 11.4 Å². The Kier molecular flexibility index (Phi) is 3.44. The molecule has 1 heterocycles. The van der Waals surface area contributed by atoms with Crippen molar-refractivity contribution in [2.24, 2.45) is 0 Å². The normalized spacial score (nSPS) is 10.3. The summed E-state index contributed by atoms with van der Waals surface area (Å²) in [5.41, 5.74) is 6.26. The first-order valence-corrected chi connectivity index (χ1v) is 5.78. The first-order valence-electron chi connectivity index (χ1n) is 4.61. The van der Waals surface area contributed by atoms with Gasteiger partial charge in [-0.1, -0.05) is 15.9 Å². The third kappa shape index (κ3) is 2.65. The summed E-state index contributed by atoms with van der Waals surface area (Å²) in [7, 11) is 1.59. The van der Waals surface area contributed by atoms with Crippen LogP contribution in [0.4, 0.5) is 5.95 Å². The van der Waals surface area contributed by atoms with Gasteiger partial charge in [-0.15, -0.1) is 0 Å². The Bertz CT molecular complexity index is 544. The highest BCUT2D eigenvalue weighted by molar-refractivity contribution is 9.10. The van der Waals surface area contributed by atoms with E-state index in [1.165, 1.54) is 0 Å². The van der Waals surface area contributed by atoms with E-state index in [-0.39, 0.29) is 11.2 Å². The molecule has 2 N–H and O–H groups in total. The van der Waals surface area contributed by atoms with Crippen molar-refractivity contribution in [1.82, 2.24) is 15.0 Å². The maximum atomic E-state index is 5.74. The van der Waals surface area contributed by atoms with Gasteiger partial charge in [0, 0.05) is 10.0 Å². The second kappa shape index (κ2) is 4.85. The minimum absolute atomic E-state index is 0.0576. The molecule has 0 fully saturated rings. The molecular formula is C10H8BrClN4O. The van der Waals surface area contributed by atoms with Crippen LogP contribution in [0.2, 0.25) is 5.28 Å². The quantitative estimate of drug-likeness (QED) is 0.922. The van der Waals surface area contributed by atoms with Gasteiger partial charge in [-0.25, -0.2) is 0 Å². The second-order valence-corrected chi connectivity index (χ2v) is 4.32. The van der Waals surface area contributed by atoms with Crippen molar-refractivity contribution in [2.45, 2.75) is 0 Å². The van der Waals surface area contributed by atoms with E-state index in [9.17, 15) is 0 Å². The molecule has 88 valence electrons. The maximum Gasteiger partial charge on any atom is 0.227 e. The first-order chi connectivity index (χ1) is 8.10. The largest absolute Gasteiger partial charge is 0.497 e. The third-order valence-electron chi connectivity index (χ3n) is 2.04. The van der Waals surface area contributed by atoms with E-state index >= 15 is 0 Å². The zero-order valence-corrected chi connectivity index (χ0v) is 11.2. The smallest absolute Gasteiger partial charge is 0.227 e. The number of nitrogens with two attached hydrogens (primary N) is 1. The SMILES string of the molecule is COc1ccc(Br)c(-c2nc(N)nc(Cl)n2)c1. The lowest BCUT2D eigenvalue weighted by Crippen LogP contribution is -2.00. The lowest BCUT2D eigenvalue weighted by atomic mass is 10.2. The van der Waals surface area contributed by atoms with Crippen LogP contribution < -0.4 is 10.5 Å². The Balaban J connectivity index is 2.58. The van der Waals surface area contributed by atoms with Crippen LogP contribution in [0.3, 0.4) is 0 Å². The van der Waals surface area contributed by atoms with E-state index in [1.54, 1.807) is 13.2 Å². The topological polar surface area (TPSA) is 73.9 Å². The molecule has 17 heavy (non-hydrogen) atoms. The van der Waals surface area contributed by atoms with Crippen LogP contribution in [-0.2, 0) is 0 Å². The van der Waals surface area contributed by atoms with Crippen molar-refractivity contribution in [3.05, 3.63) is 28.0 Å². The minimum Gasteiger partial charge on any atom is -0.497 e. The van der Waals surface area contributed by atoms with Gasteiger partial charge in [0.1, 0.15) is 5.75 Å². The summed E-state index contributed by atoms with van der Waals surface area (Å²) in [6.45, 7) is 0. The number of halogens is 2. The molecule has 2 rings (SSSR count). The predicted molar refractivity (Wildman–Crippen MR) is 68.9 cm³/mol. The molecule has 7 heteroatoms. The van der Waals surface area contributed by atoms with Crippen molar-refractivity contribution < 1.29 is 4.74 Å². The number of methoxy groups -OCH3 is 1. The fourth-order valence-electron chi connectivity index (χ4n) is 1.29. The standard InChI is InChI=1S/C10H8BrClN4O/c1-17-5-2-3-7(11)6(4-5)8-14-9(12)16-10(13)15-8/h2-4H,1H3,(H2,13,14,15,16). The molecule has 0 saturated heterocycles. The van der Waals surface area contributed by atoms with Gasteiger partial charge in [-0.3, -0.25) is 0 Å². The molecule has 0 aliphatic heterocycles. The number of nitrogen functional groups attached to an aromatic ring is 1. The van der Waals surface area contributed by atoms with Gasteiger partial charge in [0.2, 0.25) is 11.2 Å². The Labute approximate surface area is 111 Å². The molecule has 0 aliphatic carbocycles. The molecule has 0 unspecified atom stereocenters. The summed E-state index contributed by atoms with van der Waals surface area (Å²) in [4.78, 5) is 11.8. The van der Waals surface area contributed by atoms with Gasteiger partial charge in [0.15, 0.2) is 5.82 Å². The van der Waals surface area contributed by atoms with Crippen molar-refractivity contribution in [3.63, 3.8) is 0 Å². The number of benzene rings is 1. The van der Waals surface area contributed by atoms with Crippen LogP contribution in [0, 0.1) is 0 Å². The number of aromatic nitrogens is 3. The molecular weight excluding hydrogens is 307 g/mol. The highest BCUT2D eigenvalue weighted by Crippen LogP contribution is 2.30. The highest BCUT2D eigenvalue weighted by Gasteiger charge is 2.10. The minimum atomic E-state index is 0.0576. The van der Waals surface area contributed by atoms with Crippen LogP contribution in [0.15, 0.2) is 22.7 Å². The lowest BCUT2D eigenvalue weighted by Gasteiger charge is -2.06. The third-order valence-corrected chi connectivity index (χ3v) is 2.90. The molecule has 0 radical (unpaired) electrons. The summed E-state index contributed by atoms with van der Waals surface area (Å²) < 4.78 is 5.95. The highest BCUT2D eigenvalue weighted by atomic mass is 79.9. The van der Waals surface area contributed by atoms with Gasteiger partial charge in [0.25, 0.3) is 0 Å². The van der Waals surface area contributed by atoms with E-state index in [4.69, 9.17) is 22.1 Å². The van der Waals surface area contributed by atoms with Gasteiger partial charge in [0.05, 0.1) is 7.11 Å². The molecule has 1 aromatic heterocycles. The average Bonchev–Trinajstić information content (AvgIpc) is 2.28. The van der Waals surface area contributed by atoms with Gasteiger partial charge >= 0.3 is 0 Å². The fraction of sp³-hybridized carbons (Fsp3) is 0.100. The number of rotatable bonds is 2. The molecule has 0 spiro atoms. The van der Waals surface area contributed by atoms with Crippen molar-refractivity contribution in [3.8, 4) is 17.1 Å². The summed E-state index contributed by atoms with van der Waals surface area (Å²) in [6, 6.07) is 5.44. The molecule has 1 aromatic carbocycles. The number of nitrogens with zero attached hydrogens (tertiary/aromatic N) is 3. The molecule has 0 atom stereocenters. The zero-order chi connectivity index (χ0) is 12.4. The van der Waals surface area contributed by atoms with Gasteiger partial charge in [-0.2, -0.15) is 15.0 Å². The van der Waals surface area contributed by atoms with E-state index in [0.29, 0.717) is 11.6 Å². The van der Waals surface area contributed by atoms with E-state index in [1.807, 2.05) is 12.1 Å². The number of hydrogen-bond donors (Lipinski definition) is 1. The number of anilines is 1. The van der Waals surface area contributed by atoms with Gasteiger partial charge in [-0.05, 0) is 29.8 Å². The second-order valence-electron chi connectivity index (χ2n) is 3.13. The summed E-state index contributed by atoms with van der Waals surface area (Å²) in [5, 5.41) is 0.0576. The van der Waals surface area contributed by atoms with E-state index in [2.05, 4.69) is 30.9 Å². The molecule has 5 nitrogen and oxygen atoms in total.